The van der Waals surface area contributed by atoms with Crippen LogP contribution in [0.15, 0.2) is 18.3 Å². The number of rotatable bonds is 2. The van der Waals surface area contributed by atoms with Crippen LogP contribution >= 0.6 is 0 Å². The lowest BCUT2D eigenvalue weighted by Crippen LogP contribution is -2.34. The van der Waals surface area contributed by atoms with E-state index in [1.165, 1.54) is 12.8 Å². The number of carbonyl (C=O) groups is 1. The Bertz CT molecular complexity index is 422. The summed E-state index contributed by atoms with van der Waals surface area (Å²) in [5.74, 6) is 0.125. The van der Waals surface area contributed by atoms with Crippen LogP contribution in [0.4, 0.5) is 0 Å². The van der Waals surface area contributed by atoms with Crippen molar-refractivity contribution >= 4 is 5.91 Å². The monoisotopic (exact) mass is 231 g/mol. The molecule has 0 radical (unpaired) electrons. The third-order valence-corrected chi connectivity index (χ3v) is 3.21. The normalized spacial score (nSPS) is 16.3. The van der Waals surface area contributed by atoms with Gasteiger partial charge in [0, 0.05) is 19.3 Å². The average molecular weight is 231 g/mol. The molecule has 0 spiro atoms. The van der Waals surface area contributed by atoms with Crippen molar-refractivity contribution in [2.45, 2.75) is 32.2 Å². The Balaban J connectivity index is 1.98. The van der Waals surface area contributed by atoms with Gasteiger partial charge in [-0.15, -0.1) is 0 Å². The minimum Gasteiger partial charge on any atom is -0.341 e. The molecule has 0 aliphatic carbocycles. The Morgan fingerprint density at radius 1 is 1.29 bits per heavy atom. The molecule has 90 valence electrons. The highest BCUT2D eigenvalue weighted by Crippen LogP contribution is 2.11. The third-order valence-electron chi connectivity index (χ3n) is 3.21. The molecule has 1 aromatic rings. The Morgan fingerprint density at radius 2 is 2.00 bits per heavy atom. The summed E-state index contributed by atoms with van der Waals surface area (Å²) in [4.78, 5) is 14.0. The van der Waals surface area contributed by atoms with E-state index >= 15 is 0 Å². The molecular formula is C13H17N3O. The topological polar surface area (TPSA) is 49.0 Å². The van der Waals surface area contributed by atoms with Gasteiger partial charge in [0.1, 0.15) is 18.3 Å². The first kappa shape index (κ1) is 11.7. The molecule has 0 aromatic carbocycles. The van der Waals surface area contributed by atoms with E-state index in [1.807, 2.05) is 4.90 Å². The fourth-order valence-electron chi connectivity index (χ4n) is 2.22. The van der Waals surface area contributed by atoms with Crippen molar-refractivity contribution in [3.05, 3.63) is 24.0 Å². The van der Waals surface area contributed by atoms with Crippen LogP contribution in [0.3, 0.4) is 0 Å². The number of hydrogen-bond acceptors (Lipinski definition) is 2. The molecule has 1 aromatic heterocycles. The molecule has 1 amide bonds. The fourth-order valence-corrected chi connectivity index (χ4v) is 2.22. The molecule has 0 saturated carbocycles. The molecule has 0 unspecified atom stereocenters. The lowest BCUT2D eigenvalue weighted by molar-refractivity contribution is -0.131. The molecule has 0 atom stereocenters. The van der Waals surface area contributed by atoms with Gasteiger partial charge in [-0.25, -0.2) is 0 Å². The maximum absolute atomic E-state index is 12.1. The average Bonchev–Trinajstić information content (AvgIpc) is 2.62. The van der Waals surface area contributed by atoms with E-state index in [0.29, 0.717) is 5.69 Å². The van der Waals surface area contributed by atoms with E-state index in [0.717, 1.165) is 25.9 Å². The quantitative estimate of drug-likeness (QED) is 0.778. The first-order valence-electron chi connectivity index (χ1n) is 6.14. The Labute approximate surface area is 101 Å². The zero-order valence-corrected chi connectivity index (χ0v) is 9.93. The number of aromatic nitrogens is 1. The number of carbonyl (C=O) groups excluding carboxylic acids is 1. The second kappa shape index (κ2) is 5.53. The van der Waals surface area contributed by atoms with E-state index in [2.05, 4.69) is 6.07 Å². The van der Waals surface area contributed by atoms with Gasteiger partial charge >= 0.3 is 0 Å². The predicted octanol–water partition coefficient (Wildman–Crippen LogP) is 1.76. The van der Waals surface area contributed by atoms with Crippen molar-refractivity contribution in [1.82, 2.24) is 9.47 Å². The van der Waals surface area contributed by atoms with Crippen molar-refractivity contribution in [2.75, 3.05) is 13.1 Å². The van der Waals surface area contributed by atoms with Crippen molar-refractivity contribution < 1.29 is 4.79 Å². The third kappa shape index (κ3) is 2.88. The molecule has 1 fully saturated rings. The number of likely N-dealkylation sites (tertiary alicyclic amines) is 1. The van der Waals surface area contributed by atoms with Gasteiger partial charge in [-0.2, -0.15) is 5.26 Å². The number of amides is 1. The maximum atomic E-state index is 12.1. The van der Waals surface area contributed by atoms with E-state index in [1.54, 1.807) is 22.9 Å². The van der Waals surface area contributed by atoms with Crippen LogP contribution < -0.4 is 0 Å². The highest BCUT2D eigenvalue weighted by Gasteiger charge is 2.16. The van der Waals surface area contributed by atoms with Crippen LogP contribution in [-0.2, 0) is 11.3 Å². The zero-order valence-electron chi connectivity index (χ0n) is 9.93. The van der Waals surface area contributed by atoms with Crippen LogP contribution in [0.2, 0.25) is 0 Å². The number of nitriles is 1. The number of nitrogens with zero attached hydrogens (tertiary/aromatic N) is 3. The summed E-state index contributed by atoms with van der Waals surface area (Å²) in [5.41, 5.74) is 0.549. The largest absolute Gasteiger partial charge is 0.341 e. The minimum absolute atomic E-state index is 0.125. The maximum Gasteiger partial charge on any atom is 0.242 e. The second-order valence-corrected chi connectivity index (χ2v) is 4.43. The van der Waals surface area contributed by atoms with Gasteiger partial charge in [0.2, 0.25) is 5.91 Å². The smallest absolute Gasteiger partial charge is 0.242 e. The molecule has 2 heterocycles. The molecule has 1 aliphatic rings. The van der Waals surface area contributed by atoms with Gasteiger partial charge in [0.25, 0.3) is 0 Å². The molecule has 17 heavy (non-hydrogen) atoms. The van der Waals surface area contributed by atoms with Gasteiger partial charge in [-0.1, -0.05) is 12.8 Å². The predicted molar refractivity (Wildman–Crippen MR) is 64.2 cm³/mol. The zero-order chi connectivity index (χ0) is 12.1. The summed E-state index contributed by atoms with van der Waals surface area (Å²) in [6.45, 7) is 2.01. The summed E-state index contributed by atoms with van der Waals surface area (Å²) in [7, 11) is 0. The SMILES string of the molecule is N#Cc1cccn1CC(=O)N1CCCCCC1. The second-order valence-electron chi connectivity index (χ2n) is 4.43. The molecule has 1 saturated heterocycles. The minimum atomic E-state index is 0.125. The van der Waals surface area contributed by atoms with Gasteiger partial charge in [0.15, 0.2) is 0 Å². The fraction of sp³-hybridized carbons (Fsp3) is 0.538. The summed E-state index contributed by atoms with van der Waals surface area (Å²) in [5, 5.41) is 8.88. The Morgan fingerprint density at radius 3 is 2.65 bits per heavy atom. The van der Waals surface area contributed by atoms with Crippen molar-refractivity contribution in [1.29, 1.82) is 5.26 Å². The molecular weight excluding hydrogens is 214 g/mol. The summed E-state index contributed by atoms with van der Waals surface area (Å²) >= 11 is 0. The van der Waals surface area contributed by atoms with E-state index in [4.69, 9.17) is 5.26 Å². The standard InChI is InChI=1S/C13H17N3O/c14-10-12-6-5-9-16(12)11-13(17)15-7-3-1-2-4-8-15/h5-6,9H,1-4,7-8,11H2. The Hall–Kier alpha value is -1.76. The van der Waals surface area contributed by atoms with Gasteiger partial charge in [-0.05, 0) is 25.0 Å². The van der Waals surface area contributed by atoms with Crippen LogP contribution in [0.5, 0.6) is 0 Å². The van der Waals surface area contributed by atoms with Crippen molar-refractivity contribution in [3.63, 3.8) is 0 Å². The van der Waals surface area contributed by atoms with E-state index < -0.39 is 0 Å². The van der Waals surface area contributed by atoms with Crippen LogP contribution in [0.25, 0.3) is 0 Å². The van der Waals surface area contributed by atoms with Crippen molar-refractivity contribution in [2.24, 2.45) is 0 Å². The van der Waals surface area contributed by atoms with Crippen LogP contribution in [0.1, 0.15) is 31.4 Å². The molecule has 1 aliphatic heterocycles. The van der Waals surface area contributed by atoms with Crippen molar-refractivity contribution in [3.8, 4) is 6.07 Å². The summed E-state index contributed by atoms with van der Waals surface area (Å²) < 4.78 is 1.72. The molecule has 4 heteroatoms. The molecule has 0 bridgehead atoms. The highest BCUT2D eigenvalue weighted by atomic mass is 16.2. The molecule has 2 rings (SSSR count). The molecule has 4 nitrogen and oxygen atoms in total. The lowest BCUT2D eigenvalue weighted by Gasteiger charge is -2.20. The molecule has 0 N–H and O–H groups in total. The van der Waals surface area contributed by atoms with Gasteiger partial charge in [0.05, 0.1) is 0 Å². The summed E-state index contributed by atoms with van der Waals surface area (Å²) in [6, 6.07) is 5.62. The first-order valence-corrected chi connectivity index (χ1v) is 6.14. The lowest BCUT2D eigenvalue weighted by atomic mass is 10.2. The van der Waals surface area contributed by atoms with Gasteiger partial charge < -0.3 is 9.47 Å². The highest BCUT2D eigenvalue weighted by molar-refractivity contribution is 5.76. The van der Waals surface area contributed by atoms with Crippen LogP contribution in [0, 0.1) is 11.3 Å². The first-order chi connectivity index (χ1) is 8.31. The van der Waals surface area contributed by atoms with E-state index in [9.17, 15) is 4.79 Å². The van der Waals surface area contributed by atoms with E-state index in [-0.39, 0.29) is 12.5 Å². The number of hydrogen-bond donors (Lipinski definition) is 0. The van der Waals surface area contributed by atoms with Gasteiger partial charge in [-0.3, -0.25) is 4.79 Å². The summed E-state index contributed by atoms with van der Waals surface area (Å²) in [6.07, 6.45) is 6.42. The van der Waals surface area contributed by atoms with Crippen LogP contribution in [-0.4, -0.2) is 28.5 Å². The Kier molecular flexibility index (Phi) is 3.81.